The molecular formula is C12H16ClN5O2. The molecule has 0 atom stereocenters. The number of nitrogens with zero attached hydrogens (tertiary/aromatic N) is 4. The fourth-order valence-electron chi connectivity index (χ4n) is 2.03. The van der Waals surface area contributed by atoms with Crippen LogP contribution >= 0.6 is 11.6 Å². The molecule has 0 amide bonds. The molecule has 7 nitrogen and oxygen atoms in total. The molecular weight excluding hydrogens is 282 g/mol. The number of aromatic amines is 1. The maximum Gasteiger partial charge on any atom is 0.226 e. The zero-order chi connectivity index (χ0) is 19.3. The molecule has 2 aromatic heterocycles. The Morgan fingerprint density at radius 3 is 2.80 bits per heavy atom. The van der Waals surface area contributed by atoms with E-state index in [1.54, 1.807) is 0 Å². The first-order valence-electron chi connectivity index (χ1n) is 8.94. The minimum absolute atomic E-state index is 0.0356. The monoisotopic (exact) mass is 303 g/mol. The molecule has 20 heavy (non-hydrogen) atoms. The van der Waals surface area contributed by atoms with Crippen LogP contribution in [0.1, 0.15) is 27.8 Å². The zero-order valence-electron chi connectivity index (χ0n) is 16.4. The number of aromatic nitrogens is 4. The van der Waals surface area contributed by atoms with Crippen LogP contribution in [-0.4, -0.2) is 51.3 Å². The van der Waals surface area contributed by atoms with E-state index in [0.717, 1.165) is 0 Å². The van der Waals surface area contributed by atoms with Crippen molar-refractivity contribution in [1.82, 2.24) is 19.9 Å². The highest BCUT2D eigenvalue weighted by Gasteiger charge is 2.25. The molecule has 108 valence electrons. The minimum Gasteiger partial charge on any atom is -0.383 e. The van der Waals surface area contributed by atoms with E-state index in [4.69, 9.17) is 24.6 Å². The molecule has 2 N–H and O–H groups in total. The molecule has 0 bridgehead atoms. The van der Waals surface area contributed by atoms with Gasteiger partial charge in [-0.25, -0.2) is 4.98 Å². The van der Waals surface area contributed by atoms with Gasteiger partial charge in [-0.3, -0.25) is 0 Å². The Kier molecular flexibility index (Phi) is 1.96. The van der Waals surface area contributed by atoms with Crippen molar-refractivity contribution in [1.29, 1.82) is 0 Å². The average Bonchev–Trinajstić information content (AvgIpc) is 2.95. The Morgan fingerprint density at radius 1 is 1.35 bits per heavy atom. The molecule has 1 aliphatic heterocycles. The molecule has 1 fully saturated rings. The van der Waals surface area contributed by atoms with E-state index in [2.05, 4.69) is 19.9 Å². The zero-order valence-corrected chi connectivity index (χ0v) is 11.1. The largest absolute Gasteiger partial charge is 0.383 e. The van der Waals surface area contributed by atoms with Crippen LogP contribution in [0.3, 0.4) is 0 Å². The summed E-state index contributed by atoms with van der Waals surface area (Å²) in [6.45, 7) is -4.63. The summed E-state index contributed by atoms with van der Waals surface area (Å²) in [6, 6.07) is 0. The molecule has 8 heteroatoms. The van der Waals surface area contributed by atoms with E-state index in [0.29, 0.717) is 32.1 Å². The number of fused-ring (bicyclic) bond motifs is 1. The van der Waals surface area contributed by atoms with Gasteiger partial charge in [-0.05, 0) is 25.3 Å². The third kappa shape index (κ3) is 2.44. The Labute approximate surface area is 129 Å². The minimum atomic E-state index is -3.26. The van der Waals surface area contributed by atoms with Gasteiger partial charge in [0.1, 0.15) is 11.4 Å². The second kappa shape index (κ2) is 4.83. The lowest BCUT2D eigenvalue weighted by Gasteiger charge is -2.27. The number of aliphatic hydroxyl groups is 1. The summed E-state index contributed by atoms with van der Waals surface area (Å²) < 4.78 is 50.4. The van der Waals surface area contributed by atoms with Crippen molar-refractivity contribution in [2.24, 2.45) is 0 Å². The number of anilines is 1. The van der Waals surface area contributed by atoms with Crippen molar-refractivity contribution in [3.63, 3.8) is 0 Å². The third-order valence-electron chi connectivity index (χ3n) is 2.95. The average molecular weight is 304 g/mol. The number of nitrogens with one attached hydrogen (secondary N) is 1. The van der Waals surface area contributed by atoms with Crippen molar-refractivity contribution < 1.29 is 18.1 Å². The van der Waals surface area contributed by atoms with Gasteiger partial charge in [0.25, 0.3) is 0 Å². The number of rotatable bonds is 2. The molecule has 0 aromatic carbocycles. The van der Waals surface area contributed by atoms with E-state index in [-0.39, 0.29) is 16.4 Å². The third-order valence-corrected chi connectivity index (χ3v) is 3.12. The maximum absolute atomic E-state index is 10.6. The number of hydrogen-bond acceptors (Lipinski definition) is 6. The van der Waals surface area contributed by atoms with Crippen molar-refractivity contribution >= 4 is 28.6 Å². The van der Waals surface area contributed by atoms with E-state index in [1.807, 2.05) is 4.90 Å². The summed E-state index contributed by atoms with van der Waals surface area (Å²) >= 11 is 5.93. The van der Waals surface area contributed by atoms with Crippen LogP contribution in [0.25, 0.3) is 11.2 Å². The van der Waals surface area contributed by atoms with Crippen molar-refractivity contribution in [2.75, 3.05) is 31.2 Å². The van der Waals surface area contributed by atoms with E-state index in [9.17, 15) is 5.11 Å². The Bertz CT molecular complexity index is 803. The van der Waals surface area contributed by atoms with Crippen LogP contribution in [0.5, 0.6) is 0 Å². The number of morpholine rings is 1. The first-order chi connectivity index (χ1) is 11.9. The molecule has 0 aliphatic carbocycles. The molecule has 0 unspecified atom stereocenters. The Balaban J connectivity index is 2.20. The van der Waals surface area contributed by atoms with Gasteiger partial charge in [0.05, 0.1) is 13.2 Å². The van der Waals surface area contributed by atoms with E-state index >= 15 is 0 Å². The molecule has 3 rings (SSSR count). The lowest BCUT2D eigenvalue weighted by atomic mass is 10.1. The van der Waals surface area contributed by atoms with Crippen molar-refractivity contribution in [3.8, 4) is 0 Å². The highest BCUT2D eigenvalue weighted by atomic mass is 35.5. The topological polar surface area (TPSA) is 87.2 Å². The maximum atomic E-state index is 10.6. The summed E-state index contributed by atoms with van der Waals surface area (Å²) in [5.41, 5.74) is -3.04. The Hall–Kier alpha value is -1.44. The van der Waals surface area contributed by atoms with Crippen LogP contribution in [0, 0.1) is 0 Å². The SMILES string of the molecule is [2H]C([2H])([2H])C(O)(c1nc2c(N3CCOCC3)nc(Cl)nc2[nH]1)C([2H])([2H])[2H]. The first kappa shape index (κ1) is 8.11. The van der Waals surface area contributed by atoms with Gasteiger partial charge < -0.3 is 19.7 Å². The van der Waals surface area contributed by atoms with Crippen LogP contribution in [0.15, 0.2) is 0 Å². The number of hydrogen-bond donors (Lipinski definition) is 2. The van der Waals surface area contributed by atoms with Crippen LogP contribution in [-0.2, 0) is 10.3 Å². The van der Waals surface area contributed by atoms with Crippen LogP contribution in [0.4, 0.5) is 5.82 Å². The first-order valence-corrected chi connectivity index (χ1v) is 6.32. The predicted molar refractivity (Wildman–Crippen MR) is 75.0 cm³/mol. The number of halogens is 1. The van der Waals surface area contributed by atoms with Gasteiger partial charge in [0.2, 0.25) is 5.28 Å². The number of ether oxygens (including phenoxy) is 1. The fourth-order valence-corrected chi connectivity index (χ4v) is 2.19. The van der Waals surface area contributed by atoms with Gasteiger partial charge in [-0.1, -0.05) is 0 Å². The lowest BCUT2D eigenvalue weighted by molar-refractivity contribution is 0.0700. The van der Waals surface area contributed by atoms with Gasteiger partial charge in [0.15, 0.2) is 17.0 Å². The number of imidazole rings is 1. The van der Waals surface area contributed by atoms with Crippen LogP contribution in [0.2, 0.25) is 5.28 Å². The van der Waals surface area contributed by atoms with E-state index < -0.39 is 25.1 Å². The smallest absolute Gasteiger partial charge is 0.226 e. The molecule has 2 aromatic rings. The fraction of sp³-hybridized carbons (Fsp3) is 0.583. The van der Waals surface area contributed by atoms with Gasteiger partial charge in [0, 0.05) is 21.3 Å². The lowest BCUT2D eigenvalue weighted by Crippen LogP contribution is -2.37. The summed E-state index contributed by atoms with van der Waals surface area (Å²) in [7, 11) is 0. The van der Waals surface area contributed by atoms with Crippen LogP contribution < -0.4 is 4.90 Å². The molecule has 0 spiro atoms. The second-order valence-corrected chi connectivity index (χ2v) is 4.75. The van der Waals surface area contributed by atoms with Gasteiger partial charge in [-0.15, -0.1) is 0 Å². The quantitative estimate of drug-likeness (QED) is 0.807. The highest BCUT2D eigenvalue weighted by Crippen LogP contribution is 2.27. The Morgan fingerprint density at radius 2 is 2.10 bits per heavy atom. The molecule has 1 aliphatic rings. The van der Waals surface area contributed by atoms with Crippen molar-refractivity contribution in [3.05, 3.63) is 11.1 Å². The van der Waals surface area contributed by atoms with E-state index in [1.165, 1.54) is 0 Å². The summed E-state index contributed by atoms with van der Waals surface area (Å²) in [5, 5.41) is 10.5. The van der Waals surface area contributed by atoms with Crippen molar-refractivity contribution in [2.45, 2.75) is 19.3 Å². The second-order valence-electron chi connectivity index (χ2n) is 4.41. The highest BCUT2D eigenvalue weighted by molar-refractivity contribution is 6.28. The normalized spacial score (nSPS) is 22.6. The molecule has 1 saturated heterocycles. The summed E-state index contributed by atoms with van der Waals surface area (Å²) in [5.74, 6) is -0.331. The predicted octanol–water partition coefficient (Wildman–Crippen LogP) is 1.07. The number of H-pyrrole nitrogens is 1. The standard InChI is InChI=1S/C12H16ClN5O2/c1-12(2,19)10-14-7-8(15-10)16-11(13)17-9(7)18-3-5-20-6-4-18/h19H,3-6H2,1-2H3,(H,14,15,16,17)/i1D3,2D3. The molecule has 0 saturated carbocycles. The molecule has 3 heterocycles. The summed E-state index contributed by atoms with van der Waals surface area (Å²) in [6.07, 6.45) is 0. The summed E-state index contributed by atoms with van der Waals surface area (Å²) in [4.78, 5) is 16.4. The van der Waals surface area contributed by atoms with Gasteiger partial charge >= 0.3 is 0 Å². The van der Waals surface area contributed by atoms with Gasteiger partial charge in [-0.2, -0.15) is 9.97 Å². The molecule has 0 radical (unpaired) electrons.